The van der Waals surface area contributed by atoms with E-state index in [1.807, 2.05) is 0 Å². The van der Waals surface area contributed by atoms with Crippen molar-refractivity contribution in [3.63, 3.8) is 0 Å². The molecule has 0 spiro atoms. The Labute approximate surface area is 75.4 Å². The van der Waals surface area contributed by atoms with Crippen LogP contribution >= 0.6 is 0 Å². The Morgan fingerprint density at radius 2 is 2.15 bits per heavy atom. The van der Waals surface area contributed by atoms with E-state index in [0.29, 0.717) is 6.54 Å². The van der Waals surface area contributed by atoms with Gasteiger partial charge >= 0.3 is 5.69 Å². The van der Waals surface area contributed by atoms with Gasteiger partial charge in [-0.3, -0.25) is 13.9 Å². The number of aromatic nitrogens is 2. The fourth-order valence-electron chi connectivity index (χ4n) is 0.901. The highest BCUT2D eigenvalue weighted by molar-refractivity contribution is 4.97. The molecular weight excluding hydrogens is 168 g/mol. The summed E-state index contributed by atoms with van der Waals surface area (Å²) in [4.78, 5) is 22.3. The third kappa shape index (κ3) is 1.88. The molecule has 1 aromatic rings. The molecule has 0 aliphatic carbocycles. The van der Waals surface area contributed by atoms with E-state index in [0.717, 1.165) is 4.57 Å². The molecule has 0 saturated carbocycles. The van der Waals surface area contributed by atoms with E-state index in [2.05, 4.69) is 11.8 Å². The van der Waals surface area contributed by atoms with Crippen LogP contribution in [-0.4, -0.2) is 9.13 Å². The first kappa shape index (κ1) is 9.33. The number of hydrogen-bond donors (Lipinski definition) is 0. The summed E-state index contributed by atoms with van der Waals surface area (Å²) < 4.78 is 2.44. The maximum atomic E-state index is 11.4. The van der Waals surface area contributed by atoms with E-state index in [1.54, 1.807) is 6.92 Å². The van der Waals surface area contributed by atoms with Gasteiger partial charge in [0.1, 0.15) is 0 Å². The highest BCUT2D eigenvalue weighted by atomic mass is 16.2. The van der Waals surface area contributed by atoms with Gasteiger partial charge in [0.05, 0.1) is 6.54 Å². The molecule has 0 saturated heterocycles. The standard InChI is InChI=1S/C9H10N2O2/c1-3-4-6-11-7-5-8(12)10(2)9(11)13/h5,7H,6H2,1-2H3. The molecule has 0 radical (unpaired) electrons. The van der Waals surface area contributed by atoms with Gasteiger partial charge < -0.3 is 0 Å². The highest BCUT2D eigenvalue weighted by Crippen LogP contribution is 1.75. The third-order valence-corrected chi connectivity index (χ3v) is 1.69. The number of rotatable bonds is 1. The monoisotopic (exact) mass is 178 g/mol. The van der Waals surface area contributed by atoms with Crippen LogP contribution in [0, 0.1) is 11.8 Å². The SMILES string of the molecule is CC#CCn1ccc(=O)n(C)c1=O. The molecule has 1 rings (SSSR count). The fourth-order valence-corrected chi connectivity index (χ4v) is 0.901. The minimum atomic E-state index is -0.338. The van der Waals surface area contributed by atoms with Crippen LogP contribution in [0.4, 0.5) is 0 Å². The van der Waals surface area contributed by atoms with E-state index in [9.17, 15) is 9.59 Å². The van der Waals surface area contributed by atoms with E-state index in [-0.39, 0.29) is 11.2 Å². The van der Waals surface area contributed by atoms with Gasteiger partial charge in [-0.1, -0.05) is 5.92 Å². The van der Waals surface area contributed by atoms with E-state index in [1.165, 1.54) is 23.9 Å². The van der Waals surface area contributed by atoms with Gasteiger partial charge in [-0.15, -0.1) is 5.92 Å². The average Bonchev–Trinajstić information content (AvgIpc) is 2.13. The molecule has 0 aliphatic heterocycles. The second-order valence-electron chi connectivity index (χ2n) is 2.55. The lowest BCUT2D eigenvalue weighted by Gasteiger charge is -2.01. The Balaban J connectivity index is 3.24. The minimum absolute atomic E-state index is 0.300. The Morgan fingerprint density at radius 3 is 2.77 bits per heavy atom. The van der Waals surface area contributed by atoms with Crippen molar-refractivity contribution in [2.45, 2.75) is 13.5 Å². The maximum Gasteiger partial charge on any atom is 0.331 e. The molecular formula is C9H10N2O2. The van der Waals surface area contributed by atoms with Gasteiger partial charge in [0.15, 0.2) is 0 Å². The van der Waals surface area contributed by atoms with Gasteiger partial charge in [-0.2, -0.15) is 0 Å². The van der Waals surface area contributed by atoms with Crippen molar-refractivity contribution in [1.82, 2.24) is 9.13 Å². The largest absolute Gasteiger partial charge is 0.331 e. The van der Waals surface area contributed by atoms with Crippen LogP contribution in [0.15, 0.2) is 21.9 Å². The lowest BCUT2D eigenvalue weighted by Crippen LogP contribution is -2.36. The number of hydrogen-bond acceptors (Lipinski definition) is 2. The quantitative estimate of drug-likeness (QED) is 0.548. The lowest BCUT2D eigenvalue weighted by molar-refractivity contribution is 0.660. The van der Waals surface area contributed by atoms with Crippen LogP contribution in [0.1, 0.15) is 6.92 Å². The zero-order valence-electron chi connectivity index (χ0n) is 7.57. The molecule has 68 valence electrons. The van der Waals surface area contributed by atoms with Crippen molar-refractivity contribution in [1.29, 1.82) is 0 Å². The molecule has 1 aromatic heterocycles. The molecule has 0 bridgehead atoms. The third-order valence-electron chi connectivity index (χ3n) is 1.69. The van der Waals surface area contributed by atoms with Crippen LogP contribution < -0.4 is 11.2 Å². The normalized spacial score (nSPS) is 9.08. The van der Waals surface area contributed by atoms with Gasteiger partial charge in [0, 0.05) is 19.3 Å². The van der Waals surface area contributed by atoms with Crippen LogP contribution in [0.25, 0.3) is 0 Å². The zero-order valence-corrected chi connectivity index (χ0v) is 7.57. The average molecular weight is 178 g/mol. The van der Waals surface area contributed by atoms with Crippen LogP contribution in [0.2, 0.25) is 0 Å². The Bertz CT molecular complexity index is 471. The molecule has 0 aliphatic rings. The summed E-state index contributed by atoms with van der Waals surface area (Å²) in [6, 6.07) is 1.35. The van der Waals surface area contributed by atoms with E-state index >= 15 is 0 Å². The van der Waals surface area contributed by atoms with E-state index < -0.39 is 0 Å². The predicted molar refractivity (Wildman–Crippen MR) is 49.4 cm³/mol. The molecule has 0 amide bonds. The molecule has 13 heavy (non-hydrogen) atoms. The first-order chi connectivity index (χ1) is 6.16. The van der Waals surface area contributed by atoms with Crippen molar-refractivity contribution in [2.24, 2.45) is 7.05 Å². The molecule has 4 heteroatoms. The predicted octanol–water partition coefficient (Wildman–Crippen LogP) is -0.430. The topological polar surface area (TPSA) is 44.0 Å². The Morgan fingerprint density at radius 1 is 1.46 bits per heavy atom. The van der Waals surface area contributed by atoms with Crippen molar-refractivity contribution >= 4 is 0 Å². The highest BCUT2D eigenvalue weighted by Gasteiger charge is 1.97. The summed E-state index contributed by atoms with van der Waals surface area (Å²) >= 11 is 0. The first-order valence-corrected chi connectivity index (χ1v) is 3.83. The molecule has 0 atom stereocenters. The molecule has 0 N–H and O–H groups in total. The molecule has 0 fully saturated rings. The summed E-state index contributed by atoms with van der Waals surface area (Å²) in [6.07, 6.45) is 1.45. The van der Waals surface area contributed by atoms with Crippen molar-refractivity contribution < 1.29 is 0 Å². The smallest absolute Gasteiger partial charge is 0.289 e. The van der Waals surface area contributed by atoms with Crippen LogP contribution in [0.5, 0.6) is 0 Å². The first-order valence-electron chi connectivity index (χ1n) is 3.83. The summed E-state index contributed by atoms with van der Waals surface area (Å²) in [7, 11) is 1.44. The lowest BCUT2D eigenvalue weighted by atomic mass is 10.5. The second kappa shape index (κ2) is 3.76. The van der Waals surface area contributed by atoms with Gasteiger partial charge in [-0.05, 0) is 6.92 Å². The van der Waals surface area contributed by atoms with Crippen LogP contribution in [-0.2, 0) is 13.6 Å². The van der Waals surface area contributed by atoms with Crippen molar-refractivity contribution in [3.8, 4) is 11.8 Å². The summed E-state index contributed by atoms with van der Waals surface area (Å²) in [5.74, 6) is 5.43. The Kier molecular flexibility index (Phi) is 2.70. The zero-order chi connectivity index (χ0) is 9.84. The van der Waals surface area contributed by atoms with Gasteiger partial charge in [0.25, 0.3) is 5.56 Å². The van der Waals surface area contributed by atoms with Crippen molar-refractivity contribution in [2.75, 3.05) is 0 Å². The summed E-state index contributed by atoms with van der Waals surface area (Å²) in [5, 5.41) is 0. The number of nitrogens with zero attached hydrogens (tertiary/aromatic N) is 2. The van der Waals surface area contributed by atoms with Crippen LogP contribution in [0.3, 0.4) is 0 Å². The van der Waals surface area contributed by atoms with E-state index in [4.69, 9.17) is 0 Å². The van der Waals surface area contributed by atoms with Gasteiger partial charge in [0.2, 0.25) is 0 Å². The molecule has 0 aromatic carbocycles. The molecule has 0 unspecified atom stereocenters. The molecule has 4 nitrogen and oxygen atoms in total. The Hall–Kier alpha value is -1.76. The fraction of sp³-hybridized carbons (Fsp3) is 0.333. The van der Waals surface area contributed by atoms with Gasteiger partial charge in [-0.25, -0.2) is 4.79 Å². The summed E-state index contributed by atoms with van der Waals surface area (Å²) in [5.41, 5.74) is -0.638. The second-order valence-corrected chi connectivity index (χ2v) is 2.55. The van der Waals surface area contributed by atoms with Crippen molar-refractivity contribution in [3.05, 3.63) is 33.1 Å². The molecule has 1 heterocycles. The maximum absolute atomic E-state index is 11.4. The minimum Gasteiger partial charge on any atom is -0.289 e. The summed E-state index contributed by atoms with van der Waals surface area (Å²) in [6.45, 7) is 2.02.